The molecule has 1 rings (SSSR count). The van der Waals surface area contributed by atoms with E-state index in [-0.39, 0.29) is 5.91 Å². The highest BCUT2D eigenvalue weighted by Crippen LogP contribution is 2.14. The van der Waals surface area contributed by atoms with Crippen LogP contribution in [0.5, 0.6) is 0 Å². The Kier molecular flexibility index (Phi) is 2.88. The number of piperidine rings is 1. The molecule has 3 heteroatoms. The maximum absolute atomic E-state index is 10.9. The number of carbonyl (C=O) groups is 1. The summed E-state index contributed by atoms with van der Waals surface area (Å²) in [5.41, 5.74) is 5.53. The SMILES string of the molecule is CC(=O)N1CCCC(CN)C1. The minimum Gasteiger partial charge on any atom is -0.343 e. The van der Waals surface area contributed by atoms with Crippen LogP contribution in [0.25, 0.3) is 0 Å². The molecule has 2 N–H and O–H groups in total. The Morgan fingerprint density at radius 1 is 1.73 bits per heavy atom. The highest BCUT2D eigenvalue weighted by atomic mass is 16.2. The maximum atomic E-state index is 10.9. The lowest BCUT2D eigenvalue weighted by molar-refractivity contribution is -0.130. The first-order valence-electron chi connectivity index (χ1n) is 4.19. The van der Waals surface area contributed by atoms with Crippen LogP contribution in [-0.2, 0) is 4.79 Å². The average Bonchev–Trinajstić information content (AvgIpc) is 2.05. The summed E-state index contributed by atoms with van der Waals surface area (Å²) >= 11 is 0. The zero-order chi connectivity index (χ0) is 8.27. The van der Waals surface area contributed by atoms with Gasteiger partial charge in [0.1, 0.15) is 0 Å². The van der Waals surface area contributed by atoms with Gasteiger partial charge in [0.2, 0.25) is 5.91 Å². The molecule has 0 saturated carbocycles. The first-order chi connectivity index (χ1) is 5.24. The van der Waals surface area contributed by atoms with Crippen molar-refractivity contribution >= 4 is 5.91 Å². The fourth-order valence-corrected chi connectivity index (χ4v) is 1.54. The number of hydrogen-bond donors (Lipinski definition) is 1. The number of hydrogen-bond acceptors (Lipinski definition) is 2. The van der Waals surface area contributed by atoms with Gasteiger partial charge in [-0.2, -0.15) is 0 Å². The summed E-state index contributed by atoms with van der Waals surface area (Å²) in [5, 5.41) is 0. The van der Waals surface area contributed by atoms with Crippen molar-refractivity contribution in [1.29, 1.82) is 0 Å². The van der Waals surface area contributed by atoms with Crippen LogP contribution < -0.4 is 5.73 Å². The van der Waals surface area contributed by atoms with Crippen molar-refractivity contribution < 1.29 is 4.79 Å². The van der Waals surface area contributed by atoms with Gasteiger partial charge in [0.05, 0.1) is 0 Å². The molecule has 0 aromatic carbocycles. The maximum Gasteiger partial charge on any atom is 0.219 e. The number of rotatable bonds is 1. The van der Waals surface area contributed by atoms with Gasteiger partial charge < -0.3 is 10.6 Å². The van der Waals surface area contributed by atoms with Crippen molar-refractivity contribution in [2.75, 3.05) is 19.6 Å². The van der Waals surface area contributed by atoms with Gasteiger partial charge in [-0.3, -0.25) is 4.79 Å². The van der Waals surface area contributed by atoms with Crippen LogP contribution in [0.15, 0.2) is 0 Å². The highest BCUT2D eigenvalue weighted by molar-refractivity contribution is 5.73. The molecule has 1 fully saturated rings. The van der Waals surface area contributed by atoms with Gasteiger partial charge in [0, 0.05) is 20.0 Å². The van der Waals surface area contributed by atoms with Gasteiger partial charge in [-0.05, 0) is 25.3 Å². The first-order valence-corrected chi connectivity index (χ1v) is 4.19. The summed E-state index contributed by atoms with van der Waals surface area (Å²) in [5.74, 6) is 0.718. The Hall–Kier alpha value is -0.570. The van der Waals surface area contributed by atoms with Crippen LogP contribution in [0.3, 0.4) is 0 Å². The Morgan fingerprint density at radius 2 is 2.45 bits per heavy atom. The van der Waals surface area contributed by atoms with Crippen molar-refractivity contribution in [2.24, 2.45) is 11.7 Å². The molecule has 0 bridgehead atoms. The number of amides is 1. The molecule has 0 aliphatic carbocycles. The van der Waals surface area contributed by atoms with E-state index in [2.05, 4.69) is 0 Å². The van der Waals surface area contributed by atoms with E-state index >= 15 is 0 Å². The average molecular weight is 156 g/mol. The molecule has 0 aromatic rings. The summed E-state index contributed by atoms with van der Waals surface area (Å²) in [4.78, 5) is 12.8. The van der Waals surface area contributed by atoms with E-state index in [1.54, 1.807) is 6.92 Å². The lowest BCUT2D eigenvalue weighted by atomic mass is 9.98. The first kappa shape index (κ1) is 8.53. The van der Waals surface area contributed by atoms with Gasteiger partial charge in [-0.1, -0.05) is 0 Å². The molecular formula is C8H16N2O. The van der Waals surface area contributed by atoms with Gasteiger partial charge in [-0.25, -0.2) is 0 Å². The van der Waals surface area contributed by atoms with E-state index in [1.165, 1.54) is 6.42 Å². The van der Waals surface area contributed by atoms with E-state index < -0.39 is 0 Å². The third-order valence-electron chi connectivity index (χ3n) is 2.30. The van der Waals surface area contributed by atoms with E-state index in [4.69, 9.17) is 5.73 Å². The molecule has 1 unspecified atom stereocenters. The summed E-state index contributed by atoms with van der Waals surface area (Å²) in [6, 6.07) is 0. The molecule has 1 aliphatic heterocycles. The second-order valence-corrected chi connectivity index (χ2v) is 3.21. The quantitative estimate of drug-likeness (QED) is 0.589. The molecule has 0 radical (unpaired) electrons. The zero-order valence-electron chi connectivity index (χ0n) is 7.05. The Labute approximate surface area is 67.5 Å². The lowest BCUT2D eigenvalue weighted by Crippen LogP contribution is -2.40. The monoisotopic (exact) mass is 156 g/mol. The van der Waals surface area contributed by atoms with Crippen LogP contribution in [0, 0.1) is 5.92 Å². The van der Waals surface area contributed by atoms with Crippen LogP contribution in [0.1, 0.15) is 19.8 Å². The highest BCUT2D eigenvalue weighted by Gasteiger charge is 2.19. The van der Waals surface area contributed by atoms with Crippen molar-refractivity contribution in [3.05, 3.63) is 0 Å². The molecule has 64 valence electrons. The third-order valence-corrected chi connectivity index (χ3v) is 2.30. The van der Waals surface area contributed by atoms with Crippen molar-refractivity contribution in [3.8, 4) is 0 Å². The fourth-order valence-electron chi connectivity index (χ4n) is 1.54. The molecule has 1 amide bonds. The topological polar surface area (TPSA) is 46.3 Å². The normalized spacial score (nSPS) is 25.3. The van der Waals surface area contributed by atoms with E-state index in [0.717, 1.165) is 19.5 Å². The van der Waals surface area contributed by atoms with Gasteiger partial charge in [0.25, 0.3) is 0 Å². The smallest absolute Gasteiger partial charge is 0.219 e. The van der Waals surface area contributed by atoms with E-state index in [1.807, 2.05) is 4.90 Å². The molecule has 1 atom stereocenters. The summed E-state index contributed by atoms with van der Waals surface area (Å²) in [6.07, 6.45) is 2.29. The largest absolute Gasteiger partial charge is 0.343 e. The predicted octanol–water partition coefficient (Wildman–Crippen LogP) is 0.204. The van der Waals surface area contributed by atoms with Gasteiger partial charge in [-0.15, -0.1) is 0 Å². The van der Waals surface area contributed by atoms with E-state index in [0.29, 0.717) is 12.5 Å². The van der Waals surface area contributed by atoms with Crippen LogP contribution in [0.4, 0.5) is 0 Å². The summed E-state index contributed by atoms with van der Waals surface area (Å²) in [7, 11) is 0. The number of carbonyl (C=O) groups excluding carboxylic acids is 1. The molecule has 1 heterocycles. The van der Waals surface area contributed by atoms with Crippen molar-refractivity contribution in [2.45, 2.75) is 19.8 Å². The minimum absolute atomic E-state index is 0.183. The molecular weight excluding hydrogens is 140 g/mol. The van der Waals surface area contributed by atoms with E-state index in [9.17, 15) is 4.79 Å². The Bertz CT molecular complexity index is 147. The standard InChI is InChI=1S/C8H16N2O/c1-7(11)10-4-2-3-8(5-9)6-10/h8H,2-6,9H2,1H3. The molecule has 1 saturated heterocycles. The van der Waals surface area contributed by atoms with Crippen LogP contribution in [-0.4, -0.2) is 30.4 Å². The second-order valence-electron chi connectivity index (χ2n) is 3.21. The number of nitrogens with zero attached hydrogens (tertiary/aromatic N) is 1. The third kappa shape index (κ3) is 2.19. The van der Waals surface area contributed by atoms with Crippen LogP contribution in [0.2, 0.25) is 0 Å². The van der Waals surface area contributed by atoms with Crippen molar-refractivity contribution in [3.63, 3.8) is 0 Å². The molecule has 1 aliphatic rings. The number of likely N-dealkylation sites (tertiary alicyclic amines) is 1. The molecule has 0 aromatic heterocycles. The zero-order valence-corrected chi connectivity index (χ0v) is 7.05. The predicted molar refractivity (Wildman–Crippen MR) is 44.0 cm³/mol. The molecule has 11 heavy (non-hydrogen) atoms. The lowest BCUT2D eigenvalue weighted by Gasteiger charge is -2.31. The Balaban J connectivity index is 2.39. The Morgan fingerprint density at radius 3 is 3.00 bits per heavy atom. The molecule has 3 nitrogen and oxygen atoms in total. The second kappa shape index (κ2) is 3.72. The molecule has 0 spiro atoms. The van der Waals surface area contributed by atoms with Crippen LogP contribution >= 0.6 is 0 Å². The van der Waals surface area contributed by atoms with Gasteiger partial charge >= 0.3 is 0 Å². The van der Waals surface area contributed by atoms with Crippen molar-refractivity contribution in [1.82, 2.24) is 4.90 Å². The number of nitrogens with two attached hydrogens (primary N) is 1. The summed E-state index contributed by atoms with van der Waals surface area (Å²) in [6.45, 7) is 4.13. The fraction of sp³-hybridized carbons (Fsp3) is 0.875. The van der Waals surface area contributed by atoms with Gasteiger partial charge in [0.15, 0.2) is 0 Å². The minimum atomic E-state index is 0.183. The summed E-state index contributed by atoms with van der Waals surface area (Å²) < 4.78 is 0.